The first-order valence-corrected chi connectivity index (χ1v) is 5.75. The number of aromatic nitrogens is 3. The van der Waals surface area contributed by atoms with Crippen molar-refractivity contribution in [2.45, 2.75) is 38.6 Å². The third-order valence-corrected chi connectivity index (χ3v) is 2.59. The van der Waals surface area contributed by atoms with Gasteiger partial charge in [0.05, 0.1) is 18.2 Å². The lowest BCUT2D eigenvalue weighted by Gasteiger charge is -2.16. The molecule has 0 bridgehead atoms. The van der Waals surface area contributed by atoms with Crippen LogP contribution >= 0.6 is 0 Å². The summed E-state index contributed by atoms with van der Waals surface area (Å²) in [5, 5.41) is 22.3. The van der Waals surface area contributed by atoms with Crippen molar-refractivity contribution in [3.05, 3.63) is 24.8 Å². The van der Waals surface area contributed by atoms with E-state index < -0.39 is 5.92 Å². The molecule has 0 fully saturated rings. The fourth-order valence-electron chi connectivity index (χ4n) is 1.55. The molecule has 5 heteroatoms. The van der Waals surface area contributed by atoms with Crippen molar-refractivity contribution in [2.24, 2.45) is 5.92 Å². The van der Waals surface area contributed by atoms with Crippen molar-refractivity contribution >= 4 is 0 Å². The number of rotatable bonds is 4. The van der Waals surface area contributed by atoms with Gasteiger partial charge in [0.2, 0.25) is 0 Å². The van der Waals surface area contributed by atoms with Gasteiger partial charge in [0.15, 0.2) is 11.7 Å². The summed E-state index contributed by atoms with van der Waals surface area (Å²) in [5.41, 5.74) is -0.154. The summed E-state index contributed by atoms with van der Waals surface area (Å²) >= 11 is 0. The van der Waals surface area contributed by atoms with Gasteiger partial charge in [-0.1, -0.05) is 26.8 Å². The molecule has 1 unspecified atom stereocenters. The van der Waals surface area contributed by atoms with E-state index in [-0.39, 0.29) is 11.5 Å². The average molecular weight is 243 g/mol. The van der Waals surface area contributed by atoms with Crippen LogP contribution in [0.2, 0.25) is 0 Å². The summed E-state index contributed by atoms with van der Waals surface area (Å²) in [5.74, 6) is -0.0521. The lowest BCUT2D eigenvalue weighted by atomic mass is 9.96. The molecule has 0 saturated carbocycles. The number of nitriles is 2. The Morgan fingerprint density at radius 2 is 2.06 bits per heavy atom. The molecule has 0 spiro atoms. The Kier molecular flexibility index (Phi) is 4.23. The van der Waals surface area contributed by atoms with Crippen molar-refractivity contribution in [3.8, 4) is 12.1 Å². The molecule has 0 aromatic carbocycles. The molecule has 18 heavy (non-hydrogen) atoms. The van der Waals surface area contributed by atoms with Gasteiger partial charge in [0.25, 0.3) is 0 Å². The van der Waals surface area contributed by atoms with Crippen molar-refractivity contribution in [2.75, 3.05) is 0 Å². The van der Waals surface area contributed by atoms with Crippen LogP contribution in [-0.4, -0.2) is 14.8 Å². The molecule has 0 aliphatic carbocycles. The van der Waals surface area contributed by atoms with E-state index in [1.807, 2.05) is 32.9 Å². The maximum Gasteiger partial charge on any atom is 0.155 e. The summed E-state index contributed by atoms with van der Waals surface area (Å²) in [6.45, 7) is 9.70. The van der Waals surface area contributed by atoms with Crippen molar-refractivity contribution in [1.29, 1.82) is 10.5 Å². The van der Waals surface area contributed by atoms with Crippen LogP contribution in [0.1, 0.15) is 39.1 Å². The van der Waals surface area contributed by atoms with Crippen molar-refractivity contribution in [3.63, 3.8) is 0 Å². The molecule has 94 valence electrons. The van der Waals surface area contributed by atoms with Gasteiger partial charge in [0, 0.05) is 5.41 Å². The van der Waals surface area contributed by atoms with Gasteiger partial charge in [-0.05, 0) is 6.42 Å². The summed E-state index contributed by atoms with van der Waals surface area (Å²) in [7, 11) is 0. The largest absolute Gasteiger partial charge is 0.247 e. The van der Waals surface area contributed by atoms with Gasteiger partial charge in [-0.25, -0.2) is 9.67 Å². The second kappa shape index (κ2) is 5.46. The quantitative estimate of drug-likeness (QED) is 0.760. The van der Waals surface area contributed by atoms with Gasteiger partial charge in [0.1, 0.15) is 6.33 Å². The monoisotopic (exact) mass is 243 g/mol. The van der Waals surface area contributed by atoms with Gasteiger partial charge in [-0.3, -0.25) is 0 Å². The molecule has 0 radical (unpaired) electrons. The van der Waals surface area contributed by atoms with E-state index >= 15 is 0 Å². The van der Waals surface area contributed by atoms with Gasteiger partial charge >= 0.3 is 0 Å². The molecular formula is C13H17N5. The molecule has 0 aliphatic heterocycles. The standard InChI is InChI=1S/C13H17N5/c1-5-6-11(10(7-14)8-15)18-9-16-12(17-18)13(2,3)4/h5,9-11H,1,6H2,2-4H3. The first-order chi connectivity index (χ1) is 8.43. The summed E-state index contributed by atoms with van der Waals surface area (Å²) in [4.78, 5) is 4.24. The molecule has 0 N–H and O–H groups in total. The van der Waals surface area contributed by atoms with Gasteiger partial charge in [-0.15, -0.1) is 6.58 Å². The Labute approximate surface area is 107 Å². The molecule has 0 saturated heterocycles. The Morgan fingerprint density at radius 3 is 2.44 bits per heavy atom. The smallest absolute Gasteiger partial charge is 0.155 e. The predicted molar refractivity (Wildman–Crippen MR) is 67.3 cm³/mol. The number of nitrogens with zero attached hydrogens (tertiary/aromatic N) is 5. The number of allylic oxidation sites excluding steroid dienone is 1. The van der Waals surface area contributed by atoms with Crippen LogP contribution in [0, 0.1) is 28.6 Å². The predicted octanol–water partition coefficient (Wildman–Crippen LogP) is 2.36. The maximum atomic E-state index is 8.98. The van der Waals surface area contributed by atoms with E-state index in [2.05, 4.69) is 16.7 Å². The molecule has 1 aromatic heterocycles. The summed E-state index contributed by atoms with van der Waals surface area (Å²) < 4.78 is 1.60. The normalized spacial score (nSPS) is 12.8. The Morgan fingerprint density at radius 1 is 1.44 bits per heavy atom. The Hall–Kier alpha value is -2.14. The van der Waals surface area contributed by atoms with Crippen LogP contribution in [0.25, 0.3) is 0 Å². The summed E-state index contributed by atoms with van der Waals surface area (Å²) in [6.07, 6.45) is 3.78. The minimum atomic E-state index is -0.752. The lowest BCUT2D eigenvalue weighted by molar-refractivity contribution is 0.403. The first-order valence-electron chi connectivity index (χ1n) is 5.75. The average Bonchev–Trinajstić information content (AvgIpc) is 2.78. The lowest BCUT2D eigenvalue weighted by Crippen LogP contribution is -2.19. The highest BCUT2D eigenvalue weighted by Gasteiger charge is 2.25. The van der Waals surface area contributed by atoms with Crippen LogP contribution in [0.15, 0.2) is 19.0 Å². The Balaban J connectivity index is 3.09. The van der Waals surface area contributed by atoms with E-state index in [4.69, 9.17) is 10.5 Å². The molecule has 1 heterocycles. The SMILES string of the molecule is C=CCC(C(C#N)C#N)n1cnc(C(C)(C)C)n1. The molecule has 0 amide bonds. The van der Waals surface area contributed by atoms with Crippen molar-refractivity contribution < 1.29 is 0 Å². The zero-order valence-electron chi connectivity index (χ0n) is 11.0. The fourth-order valence-corrected chi connectivity index (χ4v) is 1.55. The zero-order chi connectivity index (χ0) is 13.8. The molecule has 0 aliphatic rings. The highest BCUT2D eigenvalue weighted by molar-refractivity contribution is 5.07. The van der Waals surface area contributed by atoms with Crippen LogP contribution in [0.3, 0.4) is 0 Å². The summed E-state index contributed by atoms with van der Waals surface area (Å²) in [6, 6.07) is 3.64. The second-order valence-corrected chi connectivity index (χ2v) is 5.13. The number of hydrogen-bond acceptors (Lipinski definition) is 4. The maximum absolute atomic E-state index is 8.98. The molecule has 1 aromatic rings. The van der Waals surface area contributed by atoms with E-state index in [1.165, 1.54) is 0 Å². The third kappa shape index (κ3) is 2.95. The highest BCUT2D eigenvalue weighted by atomic mass is 15.3. The minimum absolute atomic E-state index is 0.154. The van der Waals surface area contributed by atoms with Crippen LogP contribution in [-0.2, 0) is 5.41 Å². The molecule has 1 atom stereocenters. The first kappa shape index (κ1) is 13.9. The topological polar surface area (TPSA) is 78.3 Å². The van der Waals surface area contributed by atoms with Gasteiger partial charge < -0.3 is 0 Å². The zero-order valence-corrected chi connectivity index (χ0v) is 11.0. The van der Waals surface area contributed by atoms with Crippen LogP contribution in [0.5, 0.6) is 0 Å². The fraction of sp³-hybridized carbons (Fsp3) is 0.538. The molecule has 5 nitrogen and oxygen atoms in total. The Bertz CT molecular complexity index is 481. The van der Waals surface area contributed by atoms with E-state index in [9.17, 15) is 0 Å². The molecular weight excluding hydrogens is 226 g/mol. The van der Waals surface area contributed by atoms with Crippen LogP contribution < -0.4 is 0 Å². The third-order valence-electron chi connectivity index (χ3n) is 2.59. The van der Waals surface area contributed by atoms with Crippen LogP contribution in [0.4, 0.5) is 0 Å². The highest BCUT2D eigenvalue weighted by Crippen LogP contribution is 2.23. The van der Waals surface area contributed by atoms with E-state index in [0.29, 0.717) is 12.2 Å². The van der Waals surface area contributed by atoms with Crippen molar-refractivity contribution in [1.82, 2.24) is 14.8 Å². The van der Waals surface area contributed by atoms with Gasteiger partial charge in [-0.2, -0.15) is 15.6 Å². The van der Waals surface area contributed by atoms with E-state index in [0.717, 1.165) is 0 Å². The number of hydrogen-bond donors (Lipinski definition) is 0. The molecule has 1 rings (SSSR count). The second-order valence-electron chi connectivity index (χ2n) is 5.13. The minimum Gasteiger partial charge on any atom is -0.247 e. The van der Waals surface area contributed by atoms with E-state index in [1.54, 1.807) is 17.1 Å².